The molecule has 12 nitrogen and oxygen atoms in total. The van der Waals surface area contributed by atoms with Crippen molar-refractivity contribution in [3.05, 3.63) is 28.2 Å². The van der Waals surface area contributed by atoms with E-state index in [0.717, 1.165) is 4.31 Å². The molecule has 0 radical (unpaired) electrons. The van der Waals surface area contributed by atoms with Gasteiger partial charge in [0.25, 0.3) is 0 Å². The minimum Gasteiger partial charge on any atom is -0.480 e. The van der Waals surface area contributed by atoms with E-state index in [0.29, 0.717) is 38.9 Å². The second-order valence-electron chi connectivity index (χ2n) is 11.7. The number of rotatable bonds is 10. The van der Waals surface area contributed by atoms with Crippen molar-refractivity contribution in [3.63, 3.8) is 0 Å². The zero-order chi connectivity index (χ0) is 31.2. The molecule has 4 N–H and O–H groups in total. The Bertz CT molecular complexity index is 1260. The summed E-state index contributed by atoms with van der Waals surface area (Å²) in [5, 5.41) is 18.1. The fraction of sp³-hybridized carbons (Fsp3) is 0.630. The summed E-state index contributed by atoms with van der Waals surface area (Å²) in [4.78, 5) is 51.3. The largest absolute Gasteiger partial charge is 0.480 e. The Kier molecular flexibility index (Phi) is 11.5. The lowest BCUT2D eigenvalue weighted by atomic mass is 9.96. The molecule has 2 atom stereocenters. The van der Waals surface area contributed by atoms with Gasteiger partial charge in [-0.15, -0.1) is 0 Å². The molecule has 15 heteroatoms. The monoisotopic (exact) mass is 647 g/mol. The highest BCUT2D eigenvalue weighted by atomic mass is 35.5. The zero-order valence-corrected chi connectivity index (χ0v) is 26.3. The second-order valence-corrected chi connectivity index (χ2v) is 14.5. The van der Waals surface area contributed by atoms with Gasteiger partial charge >= 0.3 is 12.0 Å². The van der Waals surface area contributed by atoms with E-state index >= 15 is 0 Å². The molecule has 4 amide bonds. The summed E-state index contributed by atoms with van der Waals surface area (Å²) >= 11 is 11.9. The van der Waals surface area contributed by atoms with Crippen molar-refractivity contribution in [2.75, 3.05) is 26.2 Å². The van der Waals surface area contributed by atoms with Crippen LogP contribution >= 0.6 is 23.2 Å². The summed E-state index contributed by atoms with van der Waals surface area (Å²) in [6.07, 6.45) is 1.79. The molecule has 3 rings (SSSR count). The number of likely N-dealkylation sites (tertiary alicyclic amines) is 1. The standard InChI is InChI=1S/C27H39Cl2N5O7S/c1-27(2,3)32-26(39)30-16-17-8-11-33(12-9-17)23(35)7-6-21(25(37)38)31-24(36)22-5-4-10-34(22)42(40,41)20-14-18(28)13-19(29)15-20/h13-15,17,21-22H,4-12,16H2,1-3H3,(H,31,36)(H,37,38)(H2,30,32,39)/t21-,22-/m0/s1. The Labute approximate surface area is 256 Å². The molecule has 2 heterocycles. The highest BCUT2D eigenvalue weighted by Gasteiger charge is 2.41. The summed E-state index contributed by atoms with van der Waals surface area (Å²) in [7, 11) is -4.13. The molecule has 2 aliphatic heterocycles. The lowest BCUT2D eigenvalue weighted by molar-refractivity contribution is -0.143. The van der Waals surface area contributed by atoms with Crippen LogP contribution in [0.5, 0.6) is 0 Å². The summed E-state index contributed by atoms with van der Waals surface area (Å²) in [6, 6.07) is 1.16. The molecule has 0 saturated carbocycles. The van der Waals surface area contributed by atoms with Gasteiger partial charge in [0.1, 0.15) is 12.1 Å². The molecule has 1 aromatic rings. The van der Waals surface area contributed by atoms with Crippen molar-refractivity contribution in [1.29, 1.82) is 0 Å². The third kappa shape index (κ3) is 9.45. The molecule has 0 bridgehead atoms. The number of nitrogens with one attached hydrogen (secondary N) is 3. The van der Waals surface area contributed by atoms with Crippen molar-refractivity contribution in [2.45, 2.75) is 81.8 Å². The average Bonchev–Trinajstić information content (AvgIpc) is 3.39. The van der Waals surface area contributed by atoms with E-state index in [2.05, 4.69) is 16.0 Å². The number of amides is 4. The first-order valence-electron chi connectivity index (χ1n) is 13.9. The molecule has 2 aliphatic rings. The van der Waals surface area contributed by atoms with Crippen molar-refractivity contribution in [3.8, 4) is 0 Å². The fourth-order valence-corrected chi connectivity index (χ4v) is 7.45. The molecule has 1 aromatic carbocycles. The van der Waals surface area contributed by atoms with Crippen LogP contribution < -0.4 is 16.0 Å². The van der Waals surface area contributed by atoms with E-state index in [4.69, 9.17) is 23.2 Å². The second kappa shape index (κ2) is 14.2. The van der Waals surface area contributed by atoms with Gasteiger partial charge in [-0.2, -0.15) is 4.31 Å². The van der Waals surface area contributed by atoms with Gasteiger partial charge < -0.3 is 26.0 Å². The topological polar surface area (TPSA) is 165 Å². The first kappa shape index (κ1) is 33.9. The SMILES string of the molecule is CC(C)(C)NC(=O)NCC1CCN(C(=O)CC[C@H](NC(=O)[C@@H]2CCCN2S(=O)(=O)c2cc(Cl)cc(Cl)c2)C(=O)O)CC1. The molecule has 0 spiro atoms. The maximum atomic E-state index is 13.3. The van der Waals surface area contributed by atoms with Crippen LogP contribution in [0.1, 0.15) is 59.3 Å². The average molecular weight is 649 g/mol. The Morgan fingerprint density at radius 3 is 2.21 bits per heavy atom. The predicted molar refractivity (Wildman–Crippen MR) is 158 cm³/mol. The number of carboxylic acid groups (broad SMARTS) is 1. The molecule has 234 valence electrons. The molecular formula is C27H39Cl2N5O7S. The lowest BCUT2D eigenvalue weighted by Gasteiger charge is -2.32. The minimum atomic E-state index is -4.13. The smallest absolute Gasteiger partial charge is 0.326 e. The molecule has 2 saturated heterocycles. The van der Waals surface area contributed by atoms with Gasteiger partial charge in [-0.3, -0.25) is 9.59 Å². The molecule has 42 heavy (non-hydrogen) atoms. The van der Waals surface area contributed by atoms with E-state index in [1.54, 1.807) is 4.90 Å². The Hall–Kier alpha value is -2.61. The van der Waals surface area contributed by atoms with Crippen molar-refractivity contribution in [2.24, 2.45) is 5.92 Å². The highest BCUT2D eigenvalue weighted by molar-refractivity contribution is 7.89. The van der Waals surface area contributed by atoms with Crippen LogP contribution in [0.2, 0.25) is 10.0 Å². The highest BCUT2D eigenvalue weighted by Crippen LogP contribution is 2.30. The number of carbonyl (C=O) groups is 4. The van der Waals surface area contributed by atoms with Crippen LogP contribution in [0.25, 0.3) is 0 Å². The summed E-state index contributed by atoms with van der Waals surface area (Å²) in [6.45, 7) is 7.22. The number of benzene rings is 1. The number of piperidine rings is 1. The van der Waals surface area contributed by atoms with E-state index in [1.807, 2.05) is 20.8 Å². The molecule has 0 aliphatic carbocycles. The van der Waals surface area contributed by atoms with E-state index in [1.165, 1.54) is 18.2 Å². The van der Waals surface area contributed by atoms with Gasteiger partial charge in [0, 0.05) is 48.2 Å². The predicted octanol–water partition coefficient (Wildman–Crippen LogP) is 2.83. The Morgan fingerprint density at radius 1 is 1.02 bits per heavy atom. The molecule has 2 fully saturated rings. The Morgan fingerprint density at radius 2 is 1.64 bits per heavy atom. The number of aliphatic carboxylic acids is 1. The first-order valence-corrected chi connectivity index (χ1v) is 16.1. The third-order valence-corrected chi connectivity index (χ3v) is 9.54. The maximum absolute atomic E-state index is 13.3. The quantitative estimate of drug-likeness (QED) is 0.303. The number of halogens is 2. The number of nitrogens with zero attached hydrogens (tertiary/aromatic N) is 2. The minimum absolute atomic E-state index is 0.0769. The maximum Gasteiger partial charge on any atom is 0.326 e. The van der Waals surface area contributed by atoms with Gasteiger partial charge in [-0.05, 0) is 77.0 Å². The summed E-state index contributed by atoms with van der Waals surface area (Å²) < 4.78 is 27.5. The fourth-order valence-electron chi connectivity index (χ4n) is 5.06. The van der Waals surface area contributed by atoms with E-state index in [9.17, 15) is 32.7 Å². The van der Waals surface area contributed by atoms with Crippen LogP contribution in [-0.2, 0) is 24.4 Å². The number of hydrogen-bond acceptors (Lipinski definition) is 6. The summed E-state index contributed by atoms with van der Waals surface area (Å²) in [5.41, 5.74) is -0.340. The number of sulfonamides is 1. The van der Waals surface area contributed by atoms with Crippen molar-refractivity contribution in [1.82, 2.24) is 25.2 Å². The van der Waals surface area contributed by atoms with Crippen LogP contribution in [0, 0.1) is 5.92 Å². The van der Waals surface area contributed by atoms with Crippen LogP contribution in [0.3, 0.4) is 0 Å². The number of urea groups is 1. The van der Waals surface area contributed by atoms with Crippen LogP contribution in [-0.4, -0.2) is 90.3 Å². The summed E-state index contributed by atoms with van der Waals surface area (Å²) in [5.74, 6) is -2.06. The van der Waals surface area contributed by atoms with Gasteiger partial charge in [0.05, 0.1) is 4.90 Å². The van der Waals surface area contributed by atoms with Gasteiger partial charge in [0.2, 0.25) is 21.8 Å². The van der Waals surface area contributed by atoms with Gasteiger partial charge in [-0.25, -0.2) is 18.0 Å². The van der Waals surface area contributed by atoms with Gasteiger partial charge in [-0.1, -0.05) is 23.2 Å². The van der Waals surface area contributed by atoms with Crippen molar-refractivity contribution < 1.29 is 32.7 Å². The van der Waals surface area contributed by atoms with E-state index < -0.39 is 34.0 Å². The number of carbonyl (C=O) groups excluding carboxylic acids is 3. The van der Waals surface area contributed by atoms with Gasteiger partial charge in [0.15, 0.2) is 0 Å². The molecule has 0 unspecified atom stereocenters. The van der Waals surface area contributed by atoms with Crippen molar-refractivity contribution >= 4 is 57.0 Å². The van der Waals surface area contributed by atoms with E-state index in [-0.39, 0.29) is 64.1 Å². The van der Waals surface area contributed by atoms with Crippen LogP contribution in [0.4, 0.5) is 4.79 Å². The molecular weight excluding hydrogens is 609 g/mol. The normalized spacial score (nSPS) is 19.3. The zero-order valence-electron chi connectivity index (χ0n) is 24.0. The number of carboxylic acids is 1. The van der Waals surface area contributed by atoms with Crippen LogP contribution in [0.15, 0.2) is 23.1 Å². The first-order chi connectivity index (χ1) is 19.6. The Balaban J connectivity index is 1.51. The molecule has 0 aromatic heterocycles. The third-order valence-electron chi connectivity index (χ3n) is 7.22. The lowest BCUT2D eigenvalue weighted by Crippen LogP contribution is -2.51. The number of hydrogen-bond donors (Lipinski definition) is 4.